The van der Waals surface area contributed by atoms with Gasteiger partial charge in [0.15, 0.2) is 11.6 Å². The van der Waals surface area contributed by atoms with E-state index in [0.717, 1.165) is 0 Å². The van der Waals surface area contributed by atoms with Gasteiger partial charge in [-0.1, -0.05) is 13.8 Å². The van der Waals surface area contributed by atoms with E-state index in [2.05, 4.69) is 0 Å². The zero-order chi connectivity index (χ0) is 8.65. The average Bonchev–Trinajstić information content (AvgIpc) is 1.81. The van der Waals surface area contributed by atoms with Gasteiger partial charge in [-0.3, -0.25) is 15.0 Å². The Morgan fingerprint density at radius 1 is 1.18 bits per heavy atom. The molecule has 1 rings (SSSR count). The Labute approximate surface area is 65.3 Å². The van der Waals surface area contributed by atoms with Crippen molar-refractivity contribution >= 4 is 17.3 Å². The molecule has 0 radical (unpaired) electrons. The van der Waals surface area contributed by atoms with Gasteiger partial charge in [0.05, 0.1) is 0 Å². The summed E-state index contributed by atoms with van der Waals surface area (Å²) in [4.78, 5) is 21.9. The van der Waals surface area contributed by atoms with Gasteiger partial charge in [0.25, 0.3) is 0 Å². The summed E-state index contributed by atoms with van der Waals surface area (Å²) >= 11 is 0. The average molecular weight is 153 g/mol. The van der Waals surface area contributed by atoms with Crippen LogP contribution < -0.4 is 0 Å². The number of rotatable bonds is 0. The first-order valence-corrected chi connectivity index (χ1v) is 3.57. The molecule has 60 valence electrons. The summed E-state index contributed by atoms with van der Waals surface area (Å²) in [6, 6.07) is 0. The first-order chi connectivity index (χ1) is 4.92. The van der Waals surface area contributed by atoms with E-state index in [1.165, 1.54) is 0 Å². The molecule has 11 heavy (non-hydrogen) atoms. The van der Waals surface area contributed by atoms with E-state index < -0.39 is 0 Å². The van der Waals surface area contributed by atoms with E-state index in [1.807, 2.05) is 13.8 Å². The van der Waals surface area contributed by atoms with Gasteiger partial charge in [0.2, 0.25) is 0 Å². The lowest BCUT2D eigenvalue weighted by atomic mass is 9.75. The van der Waals surface area contributed by atoms with Crippen molar-refractivity contribution in [2.75, 3.05) is 0 Å². The normalized spacial score (nSPS) is 24.0. The van der Waals surface area contributed by atoms with Crippen LogP contribution in [0.4, 0.5) is 0 Å². The number of nitrogens with one attached hydrogen (secondary N) is 1. The Bertz CT molecular complexity index is 218. The van der Waals surface area contributed by atoms with Crippen molar-refractivity contribution in [1.29, 1.82) is 5.41 Å². The molecule has 0 heterocycles. The highest BCUT2D eigenvalue weighted by Crippen LogP contribution is 2.29. The smallest absolute Gasteiger partial charge is 0.184 e. The van der Waals surface area contributed by atoms with Crippen LogP contribution in [0.3, 0.4) is 0 Å². The molecule has 0 aromatic rings. The molecule has 3 nitrogen and oxygen atoms in total. The van der Waals surface area contributed by atoms with E-state index >= 15 is 0 Å². The largest absolute Gasteiger partial charge is 0.294 e. The number of hydrogen-bond donors (Lipinski definition) is 1. The Balaban J connectivity index is 2.87. The van der Waals surface area contributed by atoms with E-state index in [-0.39, 0.29) is 22.7 Å². The maximum Gasteiger partial charge on any atom is 0.184 e. The lowest BCUT2D eigenvalue weighted by Gasteiger charge is -2.26. The summed E-state index contributed by atoms with van der Waals surface area (Å²) in [6.45, 7) is 3.74. The molecule has 0 amide bonds. The van der Waals surface area contributed by atoms with Gasteiger partial charge in [0.1, 0.15) is 5.71 Å². The first kappa shape index (κ1) is 8.11. The molecule has 0 spiro atoms. The molecule has 0 aromatic heterocycles. The standard InChI is InChI=1S/C8H11NO2/c1-8(2)3-5(10)7(9)6(11)4-8/h9H,3-4H2,1-2H3. The van der Waals surface area contributed by atoms with Gasteiger partial charge in [-0.2, -0.15) is 0 Å². The highest BCUT2D eigenvalue weighted by molar-refractivity contribution is 6.66. The molecule has 1 aliphatic carbocycles. The number of ketones is 2. The molecule has 0 atom stereocenters. The second-order valence-corrected chi connectivity index (χ2v) is 3.74. The van der Waals surface area contributed by atoms with E-state index in [4.69, 9.17) is 5.41 Å². The predicted octanol–water partition coefficient (Wildman–Crippen LogP) is 0.964. The third-order valence-corrected chi connectivity index (χ3v) is 1.84. The second-order valence-electron chi connectivity index (χ2n) is 3.74. The summed E-state index contributed by atoms with van der Waals surface area (Å²) in [5, 5.41) is 7.08. The molecule has 1 saturated carbocycles. The van der Waals surface area contributed by atoms with E-state index in [1.54, 1.807) is 0 Å². The van der Waals surface area contributed by atoms with Crippen LogP contribution in [0, 0.1) is 10.8 Å². The third kappa shape index (κ3) is 1.53. The minimum absolute atomic E-state index is 0.237. The minimum atomic E-state index is -0.315. The topological polar surface area (TPSA) is 58.0 Å². The monoisotopic (exact) mass is 153 g/mol. The molecular weight excluding hydrogens is 142 g/mol. The van der Waals surface area contributed by atoms with Gasteiger partial charge >= 0.3 is 0 Å². The second kappa shape index (κ2) is 2.26. The molecule has 0 aromatic carbocycles. The lowest BCUT2D eigenvalue weighted by molar-refractivity contribution is -0.122. The van der Waals surface area contributed by atoms with Crippen LogP contribution in [0.2, 0.25) is 0 Å². The van der Waals surface area contributed by atoms with Crippen molar-refractivity contribution in [2.24, 2.45) is 5.41 Å². The summed E-state index contributed by atoms with van der Waals surface area (Å²) in [6.07, 6.45) is 0.662. The summed E-state index contributed by atoms with van der Waals surface area (Å²) in [5.74, 6) is -0.627. The molecular formula is C8H11NO2. The third-order valence-electron chi connectivity index (χ3n) is 1.84. The van der Waals surface area contributed by atoms with Crippen molar-refractivity contribution in [1.82, 2.24) is 0 Å². The zero-order valence-corrected chi connectivity index (χ0v) is 6.73. The number of carbonyl (C=O) groups is 2. The van der Waals surface area contributed by atoms with Crippen molar-refractivity contribution in [3.05, 3.63) is 0 Å². The van der Waals surface area contributed by atoms with Crippen molar-refractivity contribution in [3.63, 3.8) is 0 Å². The molecule has 0 saturated heterocycles. The highest BCUT2D eigenvalue weighted by Gasteiger charge is 2.35. The predicted molar refractivity (Wildman–Crippen MR) is 40.8 cm³/mol. The van der Waals surface area contributed by atoms with E-state index in [9.17, 15) is 9.59 Å². The molecule has 0 unspecified atom stereocenters. The number of hydrogen-bond acceptors (Lipinski definition) is 3. The molecule has 0 bridgehead atoms. The zero-order valence-electron chi connectivity index (χ0n) is 6.73. The Hall–Kier alpha value is -0.990. The summed E-state index contributed by atoms with van der Waals surface area (Å²) in [7, 11) is 0. The minimum Gasteiger partial charge on any atom is -0.294 e. The van der Waals surface area contributed by atoms with Crippen LogP contribution in [0.5, 0.6) is 0 Å². The summed E-state index contributed by atoms with van der Waals surface area (Å²) in [5.41, 5.74) is -0.553. The van der Waals surface area contributed by atoms with Crippen LogP contribution in [0.1, 0.15) is 26.7 Å². The van der Waals surface area contributed by atoms with E-state index in [0.29, 0.717) is 12.8 Å². The fraction of sp³-hybridized carbons (Fsp3) is 0.625. The van der Waals surface area contributed by atoms with Crippen LogP contribution >= 0.6 is 0 Å². The van der Waals surface area contributed by atoms with Gasteiger partial charge in [0, 0.05) is 12.8 Å². The molecule has 3 heteroatoms. The number of carbonyl (C=O) groups excluding carboxylic acids is 2. The Kier molecular flexibility index (Phi) is 1.66. The maximum absolute atomic E-state index is 11.0. The molecule has 0 aliphatic heterocycles. The van der Waals surface area contributed by atoms with Gasteiger partial charge < -0.3 is 0 Å². The van der Waals surface area contributed by atoms with Gasteiger partial charge in [-0.15, -0.1) is 0 Å². The van der Waals surface area contributed by atoms with Crippen LogP contribution in [-0.2, 0) is 9.59 Å². The lowest BCUT2D eigenvalue weighted by Crippen LogP contribution is -2.37. The van der Waals surface area contributed by atoms with Crippen LogP contribution in [0.15, 0.2) is 0 Å². The fourth-order valence-corrected chi connectivity index (χ4v) is 1.26. The fourth-order valence-electron chi connectivity index (χ4n) is 1.26. The Morgan fingerprint density at radius 2 is 1.55 bits per heavy atom. The van der Waals surface area contributed by atoms with Gasteiger partial charge in [-0.05, 0) is 5.41 Å². The first-order valence-electron chi connectivity index (χ1n) is 3.57. The SMILES string of the molecule is CC1(C)CC(=O)C(=N)C(=O)C1. The Morgan fingerprint density at radius 3 is 1.91 bits per heavy atom. The van der Waals surface area contributed by atoms with Crippen molar-refractivity contribution < 1.29 is 9.59 Å². The summed E-state index contributed by atoms with van der Waals surface area (Å²) < 4.78 is 0. The van der Waals surface area contributed by atoms with Gasteiger partial charge in [-0.25, -0.2) is 0 Å². The van der Waals surface area contributed by atoms with Crippen molar-refractivity contribution in [2.45, 2.75) is 26.7 Å². The maximum atomic E-state index is 11.0. The highest BCUT2D eigenvalue weighted by atomic mass is 16.2. The molecule has 1 N–H and O–H groups in total. The molecule has 1 fully saturated rings. The van der Waals surface area contributed by atoms with Crippen molar-refractivity contribution in [3.8, 4) is 0 Å². The quantitative estimate of drug-likeness (QED) is 0.563. The van der Waals surface area contributed by atoms with Crippen LogP contribution in [0.25, 0.3) is 0 Å². The molecule has 1 aliphatic rings. The number of Topliss-reactive ketones (excluding diaryl/α,β-unsaturated/α-hetero) is 2. The van der Waals surface area contributed by atoms with Crippen LogP contribution in [-0.4, -0.2) is 17.3 Å².